The quantitative estimate of drug-likeness (QED) is 0.795. The molecule has 0 spiro atoms. The normalized spacial score (nSPS) is 18.3. The maximum atomic E-state index is 12.5. The minimum atomic E-state index is -3.84. The molecule has 0 bridgehead atoms. The summed E-state index contributed by atoms with van der Waals surface area (Å²) >= 11 is 1.13. The van der Waals surface area contributed by atoms with Gasteiger partial charge in [-0.25, -0.2) is 8.42 Å². The number of thioether (sulfide) groups is 1. The van der Waals surface area contributed by atoms with E-state index < -0.39 is 16.1 Å². The highest BCUT2D eigenvalue weighted by atomic mass is 32.2. The van der Waals surface area contributed by atoms with Crippen LogP contribution in [-0.4, -0.2) is 52.6 Å². The van der Waals surface area contributed by atoms with E-state index in [0.717, 1.165) is 11.8 Å². The Hall–Kier alpha value is -1.98. The Kier molecular flexibility index (Phi) is 4.33. The number of methoxy groups -OCH3 is 1. The van der Waals surface area contributed by atoms with E-state index in [1.165, 1.54) is 36.3 Å². The van der Waals surface area contributed by atoms with Gasteiger partial charge in [0, 0.05) is 5.75 Å². The van der Waals surface area contributed by atoms with Gasteiger partial charge in [-0.3, -0.25) is 4.79 Å². The Morgan fingerprint density at radius 2 is 2.26 bits per heavy atom. The van der Waals surface area contributed by atoms with Crippen molar-refractivity contribution in [2.24, 2.45) is 0 Å². The Morgan fingerprint density at radius 3 is 2.87 bits per heavy atom. The molecule has 11 heteroatoms. The Bertz CT molecular complexity index is 822. The molecule has 0 aliphatic carbocycles. The van der Waals surface area contributed by atoms with E-state index in [4.69, 9.17) is 4.74 Å². The van der Waals surface area contributed by atoms with Crippen LogP contribution in [0.15, 0.2) is 29.4 Å². The standard InChI is InChI=1S/C12H13N5O4S2/c1-21-11-3-2-8(6-10(11)17-7-13-15-16-17)23(19,20)14-9-4-5-22-12(9)18/h2-3,6-7,9,14H,4-5H2,1H3. The molecule has 2 aromatic rings. The van der Waals surface area contributed by atoms with Gasteiger partial charge in [0.15, 0.2) is 0 Å². The second kappa shape index (κ2) is 6.26. The third-order valence-electron chi connectivity index (χ3n) is 3.29. The number of aromatic nitrogens is 4. The highest BCUT2D eigenvalue weighted by molar-refractivity contribution is 8.14. The molecule has 1 aliphatic rings. The van der Waals surface area contributed by atoms with Crippen molar-refractivity contribution in [2.75, 3.05) is 12.9 Å². The van der Waals surface area contributed by atoms with Crippen molar-refractivity contribution >= 4 is 26.9 Å². The molecule has 1 fully saturated rings. The van der Waals surface area contributed by atoms with Crippen LogP contribution in [0.3, 0.4) is 0 Å². The van der Waals surface area contributed by atoms with E-state index in [0.29, 0.717) is 23.6 Å². The lowest BCUT2D eigenvalue weighted by atomic mass is 10.3. The number of nitrogens with one attached hydrogen (secondary N) is 1. The zero-order valence-corrected chi connectivity index (χ0v) is 13.7. The minimum absolute atomic E-state index is 0.00787. The fourth-order valence-electron chi connectivity index (χ4n) is 2.15. The summed E-state index contributed by atoms with van der Waals surface area (Å²) in [5.74, 6) is 1.04. The lowest BCUT2D eigenvalue weighted by Gasteiger charge is -2.13. The van der Waals surface area contributed by atoms with E-state index in [1.54, 1.807) is 0 Å². The average Bonchev–Trinajstić information content (AvgIpc) is 3.19. The fourth-order valence-corrected chi connectivity index (χ4v) is 4.40. The van der Waals surface area contributed by atoms with Crippen molar-refractivity contribution in [2.45, 2.75) is 17.4 Å². The largest absolute Gasteiger partial charge is 0.494 e. The number of rotatable bonds is 5. The summed E-state index contributed by atoms with van der Waals surface area (Å²) in [5.41, 5.74) is 0.382. The number of sulfonamides is 1. The van der Waals surface area contributed by atoms with E-state index in [2.05, 4.69) is 20.2 Å². The predicted molar refractivity (Wildman–Crippen MR) is 81.9 cm³/mol. The molecule has 2 heterocycles. The fraction of sp³-hybridized carbons (Fsp3) is 0.333. The van der Waals surface area contributed by atoms with Gasteiger partial charge < -0.3 is 4.74 Å². The van der Waals surface area contributed by atoms with Gasteiger partial charge in [0.25, 0.3) is 0 Å². The molecule has 1 unspecified atom stereocenters. The van der Waals surface area contributed by atoms with E-state index in [9.17, 15) is 13.2 Å². The van der Waals surface area contributed by atoms with E-state index in [-0.39, 0.29) is 10.0 Å². The number of ether oxygens (including phenoxy) is 1. The average molecular weight is 355 g/mol. The molecular weight excluding hydrogens is 342 g/mol. The summed E-state index contributed by atoms with van der Waals surface area (Å²) in [6.45, 7) is 0. The van der Waals surface area contributed by atoms with Gasteiger partial charge in [0.1, 0.15) is 17.8 Å². The first-order valence-corrected chi connectivity index (χ1v) is 9.08. The van der Waals surface area contributed by atoms with Crippen LogP contribution in [0, 0.1) is 0 Å². The molecule has 23 heavy (non-hydrogen) atoms. The summed E-state index contributed by atoms with van der Waals surface area (Å²) in [6.07, 6.45) is 1.82. The van der Waals surface area contributed by atoms with Crippen molar-refractivity contribution in [3.8, 4) is 11.4 Å². The molecule has 1 aromatic carbocycles. The number of carbonyl (C=O) groups excluding carboxylic acids is 1. The summed E-state index contributed by atoms with van der Waals surface area (Å²) in [4.78, 5) is 11.6. The lowest BCUT2D eigenvalue weighted by Crippen LogP contribution is -2.37. The highest BCUT2D eigenvalue weighted by Gasteiger charge is 2.30. The third kappa shape index (κ3) is 3.21. The molecule has 1 N–H and O–H groups in total. The number of hydrogen-bond acceptors (Lipinski definition) is 8. The molecule has 122 valence electrons. The van der Waals surface area contributed by atoms with Gasteiger partial charge in [-0.05, 0) is 35.0 Å². The molecule has 3 rings (SSSR count). The van der Waals surface area contributed by atoms with Crippen LogP contribution in [0.1, 0.15) is 6.42 Å². The van der Waals surface area contributed by atoms with E-state index in [1.807, 2.05) is 0 Å². The number of carbonyl (C=O) groups is 1. The third-order valence-corrected chi connectivity index (χ3v) is 5.77. The van der Waals surface area contributed by atoms with Crippen LogP contribution in [0.2, 0.25) is 0 Å². The maximum Gasteiger partial charge on any atom is 0.241 e. The van der Waals surface area contributed by atoms with Crippen LogP contribution < -0.4 is 9.46 Å². The Morgan fingerprint density at radius 1 is 1.43 bits per heavy atom. The smallest absolute Gasteiger partial charge is 0.241 e. The predicted octanol–water partition coefficient (Wildman–Crippen LogP) is -0.0187. The van der Waals surface area contributed by atoms with Crippen molar-refractivity contribution < 1.29 is 17.9 Å². The zero-order chi connectivity index (χ0) is 16.4. The monoisotopic (exact) mass is 355 g/mol. The Balaban J connectivity index is 1.96. The molecule has 1 aliphatic heterocycles. The summed E-state index contributed by atoms with van der Waals surface area (Å²) in [5, 5.41) is 10.6. The van der Waals surface area contributed by atoms with Crippen molar-refractivity contribution in [1.29, 1.82) is 0 Å². The molecule has 9 nitrogen and oxygen atoms in total. The van der Waals surface area contributed by atoms with Crippen LogP contribution in [0.25, 0.3) is 5.69 Å². The maximum absolute atomic E-state index is 12.5. The topological polar surface area (TPSA) is 116 Å². The number of hydrogen-bond donors (Lipinski definition) is 1. The highest BCUT2D eigenvalue weighted by Crippen LogP contribution is 2.26. The minimum Gasteiger partial charge on any atom is -0.494 e. The van der Waals surface area contributed by atoms with Gasteiger partial charge in [-0.15, -0.1) is 5.10 Å². The van der Waals surface area contributed by atoms with Crippen LogP contribution in [-0.2, 0) is 14.8 Å². The first-order chi connectivity index (χ1) is 11.0. The van der Waals surface area contributed by atoms with Gasteiger partial charge >= 0.3 is 0 Å². The van der Waals surface area contributed by atoms with E-state index >= 15 is 0 Å². The summed E-state index contributed by atoms with van der Waals surface area (Å²) < 4.78 is 33.9. The summed E-state index contributed by atoms with van der Waals surface area (Å²) in [6, 6.07) is 3.62. The first kappa shape index (κ1) is 15.9. The SMILES string of the molecule is COc1ccc(S(=O)(=O)NC2CCSC2=O)cc1-n1cnnn1. The zero-order valence-electron chi connectivity index (χ0n) is 12.0. The molecule has 0 amide bonds. The van der Waals surface area contributed by atoms with Crippen LogP contribution >= 0.6 is 11.8 Å². The molecule has 1 atom stereocenters. The number of nitrogens with zero attached hydrogens (tertiary/aromatic N) is 4. The second-order valence-corrected chi connectivity index (χ2v) is 7.53. The molecule has 1 aromatic heterocycles. The van der Waals surface area contributed by atoms with Gasteiger partial charge in [0.05, 0.1) is 18.0 Å². The number of tetrazole rings is 1. The van der Waals surface area contributed by atoms with Crippen molar-refractivity contribution in [3.05, 3.63) is 24.5 Å². The Labute approximate surface area is 136 Å². The molecule has 0 radical (unpaired) electrons. The van der Waals surface area contributed by atoms with Gasteiger partial charge in [0.2, 0.25) is 15.1 Å². The second-order valence-electron chi connectivity index (χ2n) is 4.72. The number of benzene rings is 1. The van der Waals surface area contributed by atoms with Crippen LogP contribution in [0.4, 0.5) is 0 Å². The first-order valence-electron chi connectivity index (χ1n) is 6.61. The van der Waals surface area contributed by atoms with Crippen LogP contribution in [0.5, 0.6) is 5.75 Å². The molecule has 0 saturated carbocycles. The molecule has 1 saturated heterocycles. The van der Waals surface area contributed by atoms with Gasteiger partial charge in [-0.1, -0.05) is 11.8 Å². The van der Waals surface area contributed by atoms with Gasteiger partial charge in [-0.2, -0.15) is 9.40 Å². The van der Waals surface area contributed by atoms with Crippen molar-refractivity contribution in [3.63, 3.8) is 0 Å². The van der Waals surface area contributed by atoms with Crippen molar-refractivity contribution in [1.82, 2.24) is 24.9 Å². The lowest BCUT2D eigenvalue weighted by molar-refractivity contribution is -0.111. The summed E-state index contributed by atoms with van der Waals surface area (Å²) in [7, 11) is -2.37. The molecular formula is C12H13N5O4S2.